The van der Waals surface area contributed by atoms with Gasteiger partial charge in [-0.2, -0.15) is 0 Å². The van der Waals surface area contributed by atoms with E-state index >= 15 is 0 Å². The van der Waals surface area contributed by atoms with Gasteiger partial charge in [0.15, 0.2) is 0 Å². The zero-order valence-corrected chi connectivity index (χ0v) is 11.0. The van der Waals surface area contributed by atoms with Crippen LogP contribution in [0.4, 0.5) is 0 Å². The number of rotatable bonds is 7. The number of unbranched alkanes of at least 4 members (excludes halogenated alkanes) is 2. The highest BCUT2D eigenvalue weighted by Crippen LogP contribution is 2.01. The summed E-state index contributed by atoms with van der Waals surface area (Å²) in [5, 5.41) is 16.4. The van der Waals surface area contributed by atoms with Gasteiger partial charge in [0.1, 0.15) is 0 Å². The molecule has 1 rings (SSSR count). The molecule has 5 nitrogen and oxygen atoms in total. The lowest BCUT2D eigenvalue weighted by molar-refractivity contribution is -0.136. The van der Waals surface area contributed by atoms with E-state index in [-0.39, 0.29) is 6.42 Å². The van der Waals surface area contributed by atoms with Crippen molar-refractivity contribution >= 4 is 5.97 Å². The van der Waals surface area contributed by atoms with Crippen molar-refractivity contribution in [3.63, 3.8) is 0 Å². The van der Waals surface area contributed by atoms with Gasteiger partial charge in [0.05, 0.1) is 12.1 Å². The average molecular weight is 241 g/mol. The van der Waals surface area contributed by atoms with Gasteiger partial charge in [-0.3, -0.25) is 9.48 Å². The van der Waals surface area contributed by atoms with E-state index in [0.29, 0.717) is 6.42 Å². The molecule has 0 saturated carbocycles. The van der Waals surface area contributed by atoms with Gasteiger partial charge >= 0.3 is 5.97 Å². The molecule has 5 heteroatoms. The number of hydrogen-bond donors (Lipinski definition) is 1. The lowest BCUT2D eigenvalue weighted by atomic mass is 10.2. The Hall–Kier alpha value is -1.39. The van der Waals surface area contributed by atoms with Crippen molar-refractivity contribution in [2.45, 2.75) is 59.4 Å². The molecule has 0 saturated heterocycles. The third-order valence-electron chi connectivity index (χ3n) is 2.17. The molecule has 0 spiro atoms. The first-order chi connectivity index (χ1) is 8.22. The molecule has 0 radical (unpaired) electrons. The molecule has 1 aromatic heterocycles. The van der Waals surface area contributed by atoms with Gasteiger partial charge in [-0.15, -0.1) is 5.10 Å². The maximum atomic E-state index is 10.3. The molecule has 0 aliphatic carbocycles. The van der Waals surface area contributed by atoms with E-state index in [2.05, 4.69) is 17.2 Å². The van der Waals surface area contributed by atoms with E-state index in [1.807, 2.05) is 20.0 Å². The highest BCUT2D eigenvalue weighted by molar-refractivity contribution is 5.66. The highest BCUT2D eigenvalue weighted by atomic mass is 16.4. The van der Waals surface area contributed by atoms with Gasteiger partial charge in [-0.25, -0.2) is 0 Å². The molecule has 17 heavy (non-hydrogen) atoms. The van der Waals surface area contributed by atoms with Crippen molar-refractivity contribution in [3.8, 4) is 0 Å². The molecule has 1 aromatic rings. The Labute approximate surface area is 103 Å². The summed E-state index contributed by atoms with van der Waals surface area (Å²) in [5.41, 5.74) is 0.758. The van der Waals surface area contributed by atoms with E-state index in [0.717, 1.165) is 18.7 Å². The molecule has 1 heterocycles. The van der Waals surface area contributed by atoms with Crippen LogP contribution in [0.1, 0.15) is 52.1 Å². The lowest BCUT2D eigenvalue weighted by Crippen LogP contribution is -1.98. The van der Waals surface area contributed by atoms with Crippen LogP contribution in [0.3, 0.4) is 0 Å². The first kappa shape index (κ1) is 15.6. The fourth-order valence-electron chi connectivity index (χ4n) is 1.32. The number of carboxylic acid groups (broad SMARTS) is 1. The van der Waals surface area contributed by atoms with Gasteiger partial charge in [0.2, 0.25) is 0 Å². The first-order valence-corrected chi connectivity index (χ1v) is 6.33. The zero-order chi connectivity index (χ0) is 13.1. The molecule has 0 aliphatic heterocycles. The van der Waals surface area contributed by atoms with Crippen LogP contribution < -0.4 is 0 Å². The molecule has 0 fully saturated rings. The van der Waals surface area contributed by atoms with Crippen molar-refractivity contribution in [3.05, 3.63) is 11.9 Å². The van der Waals surface area contributed by atoms with Crippen LogP contribution >= 0.6 is 0 Å². The van der Waals surface area contributed by atoms with Gasteiger partial charge in [-0.05, 0) is 6.42 Å². The minimum absolute atomic E-state index is 0.119. The van der Waals surface area contributed by atoms with Crippen molar-refractivity contribution in [1.82, 2.24) is 15.0 Å². The van der Waals surface area contributed by atoms with Crippen molar-refractivity contribution in [1.29, 1.82) is 0 Å². The molecule has 0 unspecified atom stereocenters. The SMILES string of the molecule is CC.CCCCCn1cc(CCC(=O)O)nn1. The summed E-state index contributed by atoms with van der Waals surface area (Å²) >= 11 is 0. The first-order valence-electron chi connectivity index (χ1n) is 6.33. The largest absolute Gasteiger partial charge is 0.481 e. The Bertz CT molecular complexity index is 310. The Balaban J connectivity index is 0.00000121. The van der Waals surface area contributed by atoms with Crippen molar-refractivity contribution in [2.75, 3.05) is 0 Å². The Kier molecular flexibility index (Phi) is 9.01. The summed E-state index contributed by atoms with van der Waals surface area (Å²) in [5.74, 6) is -0.796. The van der Waals surface area contributed by atoms with Gasteiger partial charge in [0.25, 0.3) is 0 Å². The molecule has 0 atom stereocenters. The maximum Gasteiger partial charge on any atom is 0.303 e. The van der Waals surface area contributed by atoms with Gasteiger partial charge in [0, 0.05) is 19.2 Å². The smallest absolute Gasteiger partial charge is 0.303 e. The predicted molar refractivity (Wildman–Crippen MR) is 66.9 cm³/mol. The van der Waals surface area contributed by atoms with Crippen LogP contribution in [0.2, 0.25) is 0 Å². The summed E-state index contributed by atoms with van der Waals surface area (Å²) < 4.78 is 1.78. The van der Waals surface area contributed by atoms with Crippen LogP contribution in [0, 0.1) is 0 Å². The molecule has 0 aromatic carbocycles. The molecule has 0 bridgehead atoms. The van der Waals surface area contributed by atoms with Crippen LogP contribution in [0.15, 0.2) is 6.20 Å². The maximum absolute atomic E-state index is 10.3. The highest BCUT2D eigenvalue weighted by Gasteiger charge is 2.03. The number of aliphatic carboxylic acids is 1. The summed E-state index contributed by atoms with van der Waals surface area (Å²) in [4.78, 5) is 10.3. The monoisotopic (exact) mass is 241 g/mol. The molecule has 1 N–H and O–H groups in total. The van der Waals surface area contributed by atoms with E-state index in [9.17, 15) is 4.79 Å². The van der Waals surface area contributed by atoms with E-state index < -0.39 is 5.97 Å². The third kappa shape index (κ3) is 7.49. The standard InChI is InChI=1S/C10H17N3O2.C2H6/c1-2-3-4-7-13-8-9(11-12-13)5-6-10(14)15;1-2/h8H,2-7H2,1H3,(H,14,15);1-2H3. The van der Waals surface area contributed by atoms with Crippen molar-refractivity contribution < 1.29 is 9.90 Å². The number of nitrogens with zero attached hydrogens (tertiary/aromatic N) is 3. The topological polar surface area (TPSA) is 68.0 Å². The molecule has 98 valence electrons. The normalized spacial score (nSPS) is 9.59. The third-order valence-corrected chi connectivity index (χ3v) is 2.17. The fraction of sp³-hybridized carbons (Fsp3) is 0.750. The molecular weight excluding hydrogens is 218 g/mol. The van der Waals surface area contributed by atoms with E-state index in [1.54, 1.807) is 4.68 Å². The number of hydrogen-bond acceptors (Lipinski definition) is 3. The number of aromatic nitrogens is 3. The van der Waals surface area contributed by atoms with Gasteiger partial charge in [-0.1, -0.05) is 38.8 Å². The summed E-state index contributed by atoms with van der Waals surface area (Å²) in [6.45, 7) is 7.02. The second-order valence-electron chi connectivity index (χ2n) is 3.57. The van der Waals surface area contributed by atoms with Crippen LogP contribution in [0.25, 0.3) is 0 Å². The fourth-order valence-corrected chi connectivity index (χ4v) is 1.32. The second kappa shape index (κ2) is 9.81. The molecule has 0 aliphatic rings. The zero-order valence-electron chi connectivity index (χ0n) is 11.0. The Morgan fingerprint density at radius 1 is 1.41 bits per heavy atom. The average Bonchev–Trinajstić information content (AvgIpc) is 2.77. The van der Waals surface area contributed by atoms with E-state index in [4.69, 9.17) is 5.11 Å². The summed E-state index contributed by atoms with van der Waals surface area (Å²) in [6.07, 6.45) is 5.87. The number of carboxylic acids is 1. The Morgan fingerprint density at radius 3 is 2.71 bits per heavy atom. The van der Waals surface area contributed by atoms with E-state index in [1.165, 1.54) is 12.8 Å². The number of carbonyl (C=O) groups is 1. The quantitative estimate of drug-likeness (QED) is 0.745. The predicted octanol–water partition coefficient (Wildman–Crippen LogP) is 2.51. The lowest BCUT2D eigenvalue weighted by Gasteiger charge is -1.97. The van der Waals surface area contributed by atoms with Crippen molar-refractivity contribution in [2.24, 2.45) is 0 Å². The van der Waals surface area contributed by atoms with Crippen LogP contribution in [-0.2, 0) is 17.8 Å². The molecular formula is C12H23N3O2. The Morgan fingerprint density at radius 2 is 2.12 bits per heavy atom. The minimum atomic E-state index is -0.796. The summed E-state index contributed by atoms with van der Waals surface area (Å²) in [6, 6.07) is 0. The molecule has 0 amide bonds. The van der Waals surface area contributed by atoms with Gasteiger partial charge < -0.3 is 5.11 Å². The number of aryl methyl sites for hydroxylation is 2. The van der Waals surface area contributed by atoms with Crippen LogP contribution in [0.5, 0.6) is 0 Å². The van der Waals surface area contributed by atoms with Crippen LogP contribution in [-0.4, -0.2) is 26.1 Å². The second-order valence-corrected chi connectivity index (χ2v) is 3.57. The summed E-state index contributed by atoms with van der Waals surface area (Å²) in [7, 11) is 0. The minimum Gasteiger partial charge on any atom is -0.481 e.